The highest BCUT2D eigenvalue weighted by Gasteiger charge is 2.13. The zero-order valence-electron chi connectivity index (χ0n) is 8.86. The Bertz CT molecular complexity index is 412. The fourth-order valence-electron chi connectivity index (χ4n) is 1.28. The topological polar surface area (TPSA) is 12.0 Å². The molecule has 1 atom stereocenters. The van der Waals surface area contributed by atoms with Gasteiger partial charge in [-0.25, -0.2) is 8.78 Å². The van der Waals surface area contributed by atoms with Crippen molar-refractivity contribution in [3.63, 3.8) is 0 Å². The first kappa shape index (κ1) is 13.1. The molecule has 0 saturated heterocycles. The molecule has 0 amide bonds. The van der Waals surface area contributed by atoms with Crippen LogP contribution in [0.25, 0.3) is 0 Å². The third kappa shape index (κ3) is 3.03. The third-order valence-corrected chi connectivity index (χ3v) is 2.89. The summed E-state index contributed by atoms with van der Waals surface area (Å²) in [6.45, 7) is 1.99. The molecule has 0 radical (unpaired) electrons. The Hall–Kier alpha value is -0.920. The quantitative estimate of drug-likeness (QED) is 0.662. The third-order valence-electron chi connectivity index (χ3n) is 2.27. The van der Waals surface area contributed by atoms with Crippen molar-refractivity contribution in [3.05, 3.63) is 33.8 Å². The minimum absolute atomic E-state index is 0.00285. The molecule has 1 rings (SSSR count). The predicted molar refractivity (Wildman–Crippen MR) is 63.8 cm³/mol. The highest BCUT2D eigenvalue weighted by molar-refractivity contribution is 9.10. The van der Waals surface area contributed by atoms with Crippen LogP contribution in [0.4, 0.5) is 8.78 Å². The molecule has 0 aliphatic carbocycles. The van der Waals surface area contributed by atoms with Gasteiger partial charge in [-0.05, 0) is 34.5 Å². The maximum absolute atomic E-state index is 13.5. The SMILES string of the molecule is C#CC(CC)NCc1c(F)ccc(Br)c1F. The lowest BCUT2D eigenvalue weighted by Gasteiger charge is -2.12. The van der Waals surface area contributed by atoms with E-state index < -0.39 is 11.6 Å². The summed E-state index contributed by atoms with van der Waals surface area (Å²) < 4.78 is 27.1. The van der Waals surface area contributed by atoms with Crippen molar-refractivity contribution in [1.29, 1.82) is 0 Å². The fourth-order valence-corrected chi connectivity index (χ4v) is 1.65. The summed E-state index contributed by atoms with van der Waals surface area (Å²) >= 11 is 3.01. The van der Waals surface area contributed by atoms with Crippen LogP contribution in [0.3, 0.4) is 0 Å². The van der Waals surface area contributed by atoms with Crippen LogP contribution in [0.5, 0.6) is 0 Å². The molecule has 16 heavy (non-hydrogen) atoms. The Morgan fingerprint density at radius 3 is 2.75 bits per heavy atom. The van der Waals surface area contributed by atoms with Crippen LogP contribution < -0.4 is 5.32 Å². The van der Waals surface area contributed by atoms with Crippen molar-refractivity contribution in [3.8, 4) is 12.3 Å². The van der Waals surface area contributed by atoms with E-state index in [0.29, 0.717) is 6.42 Å². The monoisotopic (exact) mass is 287 g/mol. The van der Waals surface area contributed by atoms with Gasteiger partial charge in [-0.3, -0.25) is 5.32 Å². The molecule has 4 heteroatoms. The van der Waals surface area contributed by atoms with Gasteiger partial charge in [0.25, 0.3) is 0 Å². The van der Waals surface area contributed by atoms with Gasteiger partial charge in [-0.2, -0.15) is 0 Å². The summed E-state index contributed by atoms with van der Waals surface area (Å²) in [5, 5.41) is 2.91. The molecule has 0 bridgehead atoms. The molecule has 1 N–H and O–H groups in total. The van der Waals surface area contributed by atoms with E-state index in [9.17, 15) is 8.78 Å². The lowest BCUT2D eigenvalue weighted by atomic mass is 10.1. The number of hydrogen-bond acceptors (Lipinski definition) is 1. The summed E-state index contributed by atoms with van der Waals surface area (Å²) in [5.41, 5.74) is 0.00285. The number of benzene rings is 1. The van der Waals surface area contributed by atoms with Gasteiger partial charge in [-0.1, -0.05) is 12.8 Å². The Balaban J connectivity index is 2.82. The average Bonchev–Trinajstić information content (AvgIpc) is 2.29. The van der Waals surface area contributed by atoms with E-state index in [2.05, 4.69) is 27.2 Å². The Labute approximate surface area is 102 Å². The van der Waals surface area contributed by atoms with E-state index in [0.717, 1.165) is 0 Å². The molecule has 0 saturated carbocycles. The van der Waals surface area contributed by atoms with Crippen molar-refractivity contribution in [2.24, 2.45) is 0 Å². The van der Waals surface area contributed by atoms with Crippen LogP contribution in [0.2, 0.25) is 0 Å². The van der Waals surface area contributed by atoms with Gasteiger partial charge >= 0.3 is 0 Å². The zero-order valence-corrected chi connectivity index (χ0v) is 10.4. The Morgan fingerprint density at radius 1 is 1.50 bits per heavy atom. The van der Waals surface area contributed by atoms with Gasteiger partial charge < -0.3 is 0 Å². The summed E-state index contributed by atoms with van der Waals surface area (Å²) in [6.07, 6.45) is 5.96. The van der Waals surface area contributed by atoms with Gasteiger partial charge in [0.05, 0.1) is 10.5 Å². The van der Waals surface area contributed by atoms with Crippen molar-refractivity contribution in [2.45, 2.75) is 25.9 Å². The van der Waals surface area contributed by atoms with Crippen LogP contribution in [-0.2, 0) is 6.54 Å². The van der Waals surface area contributed by atoms with E-state index >= 15 is 0 Å². The van der Waals surface area contributed by atoms with E-state index in [1.54, 1.807) is 0 Å². The van der Waals surface area contributed by atoms with Gasteiger partial charge in [-0.15, -0.1) is 6.42 Å². The van der Waals surface area contributed by atoms with Gasteiger partial charge in [0.2, 0.25) is 0 Å². The largest absolute Gasteiger partial charge is 0.299 e. The summed E-state index contributed by atoms with van der Waals surface area (Å²) in [6, 6.07) is 2.39. The minimum Gasteiger partial charge on any atom is -0.299 e. The predicted octanol–water partition coefficient (Wildman–Crippen LogP) is 3.23. The van der Waals surface area contributed by atoms with E-state index in [-0.39, 0.29) is 22.6 Å². The van der Waals surface area contributed by atoms with Gasteiger partial charge in [0.15, 0.2) is 0 Å². The van der Waals surface area contributed by atoms with Crippen molar-refractivity contribution in [1.82, 2.24) is 5.32 Å². The zero-order chi connectivity index (χ0) is 12.1. The first-order chi connectivity index (χ1) is 7.60. The molecular weight excluding hydrogens is 276 g/mol. The first-order valence-corrected chi connectivity index (χ1v) is 5.71. The van der Waals surface area contributed by atoms with Crippen LogP contribution in [0.1, 0.15) is 18.9 Å². The highest BCUT2D eigenvalue weighted by atomic mass is 79.9. The number of terminal acetylenes is 1. The van der Waals surface area contributed by atoms with Crippen molar-refractivity contribution < 1.29 is 8.78 Å². The van der Waals surface area contributed by atoms with Crippen LogP contribution >= 0.6 is 15.9 Å². The normalized spacial score (nSPS) is 12.2. The minimum atomic E-state index is -0.584. The van der Waals surface area contributed by atoms with Crippen LogP contribution in [0, 0.1) is 24.0 Å². The number of hydrogen-bond donors (Lipinski definition) is 1. The molecule has 0 aliphatic heterocycles. The molecule has 0 aliphatic rings. The first-order valence-electron chi connectivity index (χ1n) is 4.92. The molecule has 1 aromatic carbocycles. The summed E-state index contributed by atoms with van der Waals surface area (Å²) in [5.74, 6) is 1.35. The van der Waals surface area contributed by atoms with Gasteiger partial charge in [0.1, 0.15) is 11.6 Å². The highest BCUT2D eigenvalue weighted by Crippen LogP contribution is 2.21. The smallest absolute Gasteiger partial charge is 0.144 e. The van der Waals surface area contributed by atoms with E-state index in [1.807, 2.05) is 6.92 Å². The molecule has 86 valence electrons. The molecule has 1 unspecified atom stereocenters. The van der Waals surface area contributed by atoms with Crippen molar-refractivity contribution >= 4 is 15.9 Å². The van der Waals surface area contributed by atoms with Crippen molar-refractivity contribution in [2.75, 3.05) is 0 Å². The standard InChI is InChI=1S/C12H12BrF2N/c1-3-8(4-2)16-7-9-11(14)6-5-10(13)12(9)15/h1,5-6,8,16H,4,7H2,2H3. The molecule has 1 nitrogen and oxygen atoms in total. The Morgan fingerprint density at radius 2 is 2.19 bits per heavy atom. The molecule has 1 aromatic rings. The molecule has 0 aromatic heterocycles. The van der Waals surface area contributed by atoms with Crippen LogP contribution in [-0.4, -0.2) is 6.04 Å². The maximum Gasteiger partial charge on any atom is 0.144 e. The second-order valence-corrected chi connectivity index (χ2v) is 4.18. The lowest BCUT2D eigenvalue weighted by molar-refractivity contribution is 0.514. The molecule has 0 fully saturated rings. The summed E-state index contributed by atoms with van der Waals surface area (Å²) in [4.78, 5) is 0. The number of rotatable bonds is 4. The van der Waals surface area contributed by atoms with Gasteiger partial charge in [0, 0.05) is 12.1 Å². The summed E-state index contributed by atoms with van der Waals surface area (Å²) in [7, 11) is 0. The van der Waals surface area contributed by atoms with E-state index in [4.69, 9.17) is 6.42 Å². The Kier molecular flexibility index (Phi) is 4.91. The number of nitrogens with one attached hydrogen (secondary N) is 1. The van der Waals surface area contributed by atoms with Crippen LogP contribution in [0.15, 0.2) is 16.6 Å². The second kappa shape index (κ2) is 5.97. The lowest BCUT2D eigenvalue weighted by Crippen LogP contribution is -2.27. The molecule has 0 spiro atoms. The molecule has 0 heterocycles. The maximum atomic E-state index is 13.5. The second-order valence-electron chi connectivity index (χ2n) is 3.33. The average molecular weight is 288 g/mol. The molecular formula is C12H12BrF2N. The fraction of sp³-hybridized carbons (Fsp3) is 0.333. The van der Waals surface area contributed by atoms with E-state index in [1.165, 1.54) is 12.1 Å². The number of halogens is 3.